The number of hydrogen-bond acceptors (Lipinski definition) is 7. The van der Waals surface area contributed by atoms with Gasteiger partial charge >= 0.3 is 0 Å². The van der Waals surface area contributed by atoms with E-state index in [4.69, 9.17) is 4.74 Å². The summed E-state index contributed by atoms with van der Waals surface area (Å²) < 4.78 is 8.99. The summed E-state index contributed by atoms with van der Waals surface area (Å²) in [4.78, 5) is 0. The summed E-state index contributed by atoms with van der Waals surface area (Å²) in [6.45, 7) is 10.3. The van der Waals surface area contributed by atoms with Crippen LogP contribution in [-0.4, -0.2) is 48.9 Å². The lowest BCUT2D eigenvalue weighted by atomic mass is 9.94. The van der Waals surface area contributed by atoms with Crippen molar-refractivity contribution in [2.24, 2.45) is 11.3 Å². The minimum absolute atomic E-state index is 0.222. The molecule has 4 rings (SSSR count). The zero-order chi connectivity index (χ0) is 22.7. The molecular weight excluding hydrogens is 404 g/mol. The number of aromatic nitrogens is 7. The molecule has 9 nitrogen and oxygen atoms in total. The van der Waals surface area contributed by atoms with Crippen LogP contribution in [0.4, 0.5) is 0 Å². The van der Waals surface area contributed by atoms with E-state index in [0.717, 1.165) is 29.4 Å². The Balaban J connectivity index is 1.59. The van der Waals surface area contributed by atoms with Crippen LogP contribution in [0.5, 0.6) is 5.75 Å². The topological polar surface area (TPSA) is 95.6 Å². The molecule has 9 heteroatoms. The normalized spacial score (nSPS) is 16.0. The van der Waals surface area contributed by atoms with Crippen molar-refractivity contribution in [3.8, 4) is 5.75 Å². The van der Waals surface area contributed by atoms with Gasteiger partial charge in [0, 0.05) is 12.6 Å². The Morgan fingerprint density at radius 2 is 1.81 bits per heavy atom. The summed E-state index contributed by atoms with van der Waals surface area (Å²) in [7, 11) is 1.67. The van der Waals surface area contributed by atoms with E-state index in [0.29, 0.717) is 17.9 Å². The summed E-state index contributed by atoms with van der Waals surface area (Å²) >= 11 is 0. The van der Waals surface area contributed by atoms with Gasteiger partial charge in [0.25, 0.3) is 0 Å². The van der Waals surface area contributed by atoms with Crippen LogP contribution in [0, 0.1) is 11.3 Å². The third-order valence-electron chi connectivity index (χ3n) is 6.14. The molecule has 1 N–H and O–H groups in total. The van der Waals surface area contributed by atoms with E-state index in [2.05, 4.69) is 58.8 Å². The summed E-state index contributed by atoms with van der Waals surface area (Å²) in [6, 6.07) is 7.98. The van der Waals surface area contributed by atoms with Gasteiger partial charge in [0.1, 0.15) is 17.5 Å². The van der Waals surface area contributed by atoms with E-state index < -0.39 is 0 Å². The number of ether oxygens (including phenoxy) is 1. The van der Waals surface area contributed by atoms with Gasteiger partial charge in [-0.05, 0) is 72.6 Å². The first-order chi connectivity index (χ1) is 15.4. The van der Waals surface area contributed by atoms with Crippen molar-refractivity contribution in [2.45, 2.75) is 65.6 Å². The third kappa shape index (κ3) is 5.15. The first-order valence-corrected chi connectivity index (χ1v) is 11.4. The van der Waals surface area contributed by atoms with Gasteiger partial charge in [-0.15, -0.1) is 10.2 Å². The molecule has 1 fully saturated rings. The standard InChI is InChI=1S/C23H34N8O/c1-16(2)12-23(10-11-23)15-24-21(20-14-30(17(3)4)28-25-20)22-26-27-29-31(22)13-18-6-8-19(32-5)9-7-18/h6-9,14,16-17,21,24H,10-13,15H2,1-5H3. The molecule has 1 unspecified atom stereocenters. The van der Waals surface area contributed by atoms with Crippen LogP contribution in [0.2, 0.25) is 0 Å². The lowest BCUT2D eigenvalue weighted by Gasteiger charge is -2.22. The van der Waals surface area contributed by atoms with Crippen LogP contribution in [0.25, 0.3) is 0 Å². The first-order valence-electron chi connectivity index (χ1n) is 11.4. The number of hydrogen-bond donors (Lipinski definition) is 1. The average molecular weight is 439 g/mol. The smallest absolute Gasteiger partial charge is 0.174 e. The maximum Gasteiger partial charge on any atom is 0.174 e. The quantitative estimate of drug-likeness (QED) is 0.490. The average Bonchev–Trinajstić information content (AvgIpc) is 3.15. The van der Waals surface area contributed by atoms with Crippen LogP contribution in [-0.2, 0) is 6.54 Å². The molecule has 0 amide bonds. The second kappa shape index (κ2) is 9.36. The Hall–Kier alpha value is -2.81. The second-order valence-electron chi connectivity index (χ2n) is 9.67. The number of benzene rings is 1. The Kier molecular flexibility index (Phi) is 6.55. The Morgan fingerprint density at radius 3 is 2.41 bits per heavy atom. The highest BCUT2D eigenvalue weighted by Gasteiger charge is 2.43. The third-order valence-corrected chi connectivity index (χ3v) is 6.14. The molecule has 0 radical (unpaired) electrons. The van der Waals surface area contributed by atoms with Crippen LogP contribution < -0.4 is 10.1 Å². The first kappa shape index (κ1) is 22.4. The molecular formula is C23H34N8O. The summed E-state index contributed by atoms with van der Waals surface area (Å²) in [5.74, 6) is 2.26. The van der Waals surface area contributed by atoms with E-state index in [-0.39, 0.29) is 12.1 Å². The number of methoxy groups -OCH3 is 1. The van der Waals surface area contributed by atoms with Crippen molar-refractivity contribution in [2.75, 3.05) is 13.7 Å². The van der Waals surface area contributed by atoms with Crippen molar-refractivity contribution in [1.29, 1.82) is 0 Å². The molecule has 2 aromatic heterocycles. The largest absolute Gasteiger partial charge is 0.497 e. The maximum absolute atomic E-state index is 5.27. The zero-order valence-electron chi connectivity index (χ0n) is 19.7. The molecule has 1 atom stereocenters. The lowest BCUT2D eigenvalue weighted by molar-refractivity contribution is 0.350. The molecule has 2 heterocycles. The Labute approximate surface area is 189 Å². The van der Waals surface area contributed by atoms with Gasteiger partial charge in [0.2, 0.25) is 0 Å². The fraction of sp³-hybridized carbons (Fsp3) is 0.609. The van der Waals surface area contributed by atoms with E-state index in [9.17, 15) is 0 Å². The van der Waals surface area contributed by atoms with Crippen molar-refractivity contribution in [3.05, 3.63) is 47.5 Å². The van der Waals surface area contributed by atoms with E-state index >= 15 is 0 Å². The van der Waals surface area contributed by atoms with Gasteiger partial charge < -0.3 is 10.1 Å². The molecule has 1 aliphatic carbocycles. The molecule has 1 aliphatic rings. The molecule has 3 aromatic rings. The highest BCUT2D eigenvalue weighted by Crippen LogP contribution is 2.50. The van der Waals surface area contributed by atoms with E-state index in [1.165, 1.54) is 19.3 Å². The fourth-order valence-electron chi connectivity index (χ4n) is 4.25. The number of tetrazole rings is 1. The molecule has 172 valence electrons. The fourth-order valence-corrected chi connectivity index (χ4v) is 4.25. The molecule has 0 saturated heterocycles. The van der Waals surface area contributed by atoms with Gasteiger partial charge in [-0.25, -0.2) is 9.36 Å². The minimum Gasteiger partial charge on any atom is -0.497 e. The summed E-state index contributed by atoms with van der Waals surface area (Å²) in [6.07, 6.45) is 5.75. The lowest BCUT2D eigenvalue weighted by Crippen LogP contribution is -2.32. The molecule has 1 aromatic carbocycles. The second-order valence-corrected chi connectivity index (χ2v) is 9.67. The molecule has 0 spiro atoms. The van der Waals surface area contributed by atoms with E-state index in [1.54, 1.807) is 7.11 Å². The maximum atomic E-state index is 5.27. The van der Waals surface area contributed by atoms with Gasteiger partial charge in [-0.3, -0.25) is 0 Å². The molecule has 0 bridgehead atoms. The van der Waals surface area contributed by atoms with Gasteiger partial charge in [0.05, 0.1) is 19.9 Å². The molecule has 1 saturated carbocycles. The minimum atomic E-state index is -0.222. The van der Waals surface area contributed by atoms with Gasteiger partial charge in [0.15, 0.2) is 5.82 Å². The van der Waals surface area contributed by atoms with Gasteiger partial charge in [-0.1, -0.05) is 31.2 Å². The Morgan fingerprint density at radius 1 is 1.06 bits per heavy atom. The van der Waals surface area contributed by atoms with Crippen molar-refractivity contribution < 1.29 is 4.74 Å². The highest BCUT2D eigenvalue weighted by atomic mass is 16.5. The zero-order valence-corrected chi connectivity index (χ0v) is 19.7. The summed E-state index contributed by atoms with van der Waals surface area (Å²) in [5, 5.41) is 25.2. The van der Waals surface area contributed by atoms with Crippen LogP contribution >= 0.6 is 0 Å². The monoisotopic (exact) mass is 438 g/mol. The molecule has 0 aliphatic heterocycles. The number of rotatable bonds is 11. The predicted octanol–water partition coefficient (Wildman–Crippen LogP) is 3.41. The van der Waals surface area contributed by atoms with Crippen LogP contribution in [0.15, 0.2) is 30.5 Å². The van der Waals surface area contributed by atoms with Crippen molar-refractivity contribution in [1.82, 2.24) is 40.5 Å². The predicted molar refractivity (Wildman–Crippen MR) is 121 cm³/mol. The number of nitrogens with zero attached hydrogens (tertiary/aromatic N) is 7. The Bertz CT molecular complexity index is 1000. The van der Waals surface area contributed by atoms with Gasteiger partial charge in [-0.2, -0.15) is 0 Å². The molecule has 32 heavy (non-hydrogen) atoms. The van der Waals surface area contributed by atoms with Crippen molar-refractivity contribution >= 4 is 0 Å². The highest BCUT2D eigenvalue weighted by molar-refractivity contribution is 5.27. The van der Waals surface area contributed by atoms with Crippen molar-refractivity contribution in [3.63, 3.8) is 0 Å². The summed E-state index contributed by atoms with van der Waals surface area (Å²) in [5.41, 5.74) is 2.31. The van der Waals surface area contributed by atoms with E-state index in [1.807, 2.05) is 39.8 Å². The SMILES string of the molecule is COc1ccc(Cn2nnnc2C(NCC2(CC(C)C)CC2)c2cn(C(C)C)nn2)cc1. The van der Waals surface area contributed by atoms with Crippen LogP contribution in [0.1, 0.15) is 76.1 Å². The number of nitrogens with one attached hydrogen (secondary N) is 1. The van der Waals surface area contributed by atoms with Crippen LogP contribution in [0.3, 0.4) is 0 Å².